The van der Waals surface area contributed by atoms with Gasteiger partial charge in [0, 0.05) is 30.8 Å². The van der Waals surface area contributed by atoms with Gasteiger partial charge in [0.15, 0.2) is 0 Å². The van der Waals surface area contributed by atoms with Crippen LogP contribution in [-0.4, -0.2) is 21.7 Å². The predicted octanol–water partition coefficient (Wildman–Crippen LogP) is 1.60. The minimum absolute atomic E-state index is 0.249. The first-order valence-electron chi connectivity index (χ1n) is 5.05. The van der Waals surface area contributed by atoms with Crippen LogP contribution in [-0.2, 0) is 6.42 Å². The van der Waals surface area contributed by atoms with E-state index >= 15 is 0 Å². The third-order valence-electron chi connectivity index (χ3n) is 2.76. The normalized spacial score (nSPS) is 17.3. The number of imidazole rings is 1. The summed E-state index contributed by atoms with van der Waals surface area (Å²) in [5, 5.41) is 8.66. The zero-order valence-electron chi connectivity index (χ0n) is 7.79. The quantitative estimate of drug-likeness (QED) is 0.739. The lowest BCUT2D eigenvalue weighted by molar-refractivity contribution is 0.287. The van der Waals surface area contributed by atoms with Crippen molar-refractivity contribution >= 4 is 0 Å². The number of rotatable bonds is 4. The van der Waals surface area contributed by atoms with Gasteiger partial charge in [-0.2, -0.15) is 0 Å². The van der Waals surface area contributed by atoms with Crippen LogP contribution in [0.2, 0.25) is 0 Å². The van der Waals surface area contributed by atoms with Crippen molar-refractivity contribution in [3.05, 3.63) is 17.7 Å². The van der Waals surface area contributed by atoms with Crippen molar-refractivity contribution in [2.75, 3.05) is 6.61 Å². The molecule has 1 saturated carbocycles. The van der Waals surface area contributed by atoms with Crippen LogP contribution < -0.4 is 0 Å². The van der Waals surface area contributed by atoms with E-state index in [-0.39, 0.29) is 6.61 Å². The fourth-order valence-electron chi connectivity index (χ4n) is 1.68. The smallest absolute Gasteiger partial charge is 0.106 e. The molecule has 0 atom stereocenters. The van der Waals surface area contributed by atoms with Crippen molar-refractivity contribution in [3.63, 3.8) is 0 Å². The molecule has 1 aromatic rings. The first-order chi connectivity index (χ1) is 6.40. The summed E-state index contributed by atoms with van der Waals surface area (Å²) in [4.78, 5) is 7.62. The molecule has 0 aromatic carbocycles. The molecule has 0 radical (unpaired) electrons. The molecular formula is C10H16N2O. The van der Waals surface area contributed by atoms with Gasteiger partial charge >= 0.3 is 0 Å². The topological polar surface area (TPSA) is 48.9 Å². The molecule has 3 nitrogen and oxygen atoms in total. The fourth-order valence-corrected chi connectivity index (χ4v) is 1.68. The Hall–Kier alpha value is -0.830. The number of aromatic nitrogens is 2. The maximum absolute atomic E-state index is 8.66. The second-order valence-corrected chi connectivity index (χ2v) is 3.74. The lowest BCUT2D eigenvalue weighted by atomic mass is 9.83. The third-order valence-corrected chi connectivity index (χ3v) is 2.76. The minimum atomic E-state index is 0.249. The average Bonchev–Trinajstić information content (AvgIpc) is 2.46. The molecule has 0 amide bonds. The molecule has 3 heteroatoms. The monoisotopic (exact) mass is 180 g/mol. The number of hydrogen-bond donors (Lipinski definition) is 2. The predicted molar refractivity (Wildman–Crippen MR) is 50.6 cm³/mol. The van der Waals surface area contributed by atoms with Crippen LogP contribution in [0, 0.1) is 0 Å². The van der Waals surface area contributed by atoms with Crippen LogP contribution in [0.15, 0.2) is 6.20 Å². The molecule has 1 fully saturated rings. The van der Waals surface area contributed by atoms with Gasteiger partial charge in [0.2, 0.25) is 0 Å². The zero-order chi connectivity index (χ0) is 9.10. The molecule has 0 aliphatic heterocycles. The van der Waals surface area contributed by atoms with E-state index in [0.717, 1.165) is 24.6 Å². The summed E-state index contributed by atoms with van der Waals surface area (Å²) in [6.45, 7) is 0.249. The van der Waals surface area contributed by atoms with Crippen molar-refractivity contribution in [1.29, 1.82) is 0 Å². The number of aliphatic hydroxyl groups excluding tert-OH is 1. The highest BCUT2D eigenvalue weighted by atomic mass is 16.2. The van der Waals surface area contributed by atoms with Crippen LogP contribution in [0.5, 0.6) is 0 Å². The molecule has 13 heavy (non-hydrogen) atoms. The Bertz CT molecular complexity index is 266. The Labute approximate surface area is 78.2 Å². The van der Waals surface area contributed by atoms with Gasteiger partial charge in [-0.3, -0.25) is 0 Å². The highest BCUT2D eigenvalue weighted by Crippen LogP contribution is 2.35. The average molecular weight is 180 g/mol. The molecule has 1 aliphatic rings. The Kier molecular flexibility index (Phi) is 2.64. The molecule has 0 bridgehead atoms. The van der Waals surface area contributed by atoms with E-state index < -0.39 is 0 Å². The van der Waals surface area contributed by atoms with Gasteiger partial charge < -0.3 is 10.1 Å². The molecule has 1 aromatic heterocycles. The molecule has 72 valence electrons. The van der Waals surface area contributed by atoms with Gasteiger partial charge in [0.05, 0.1) is 0 Å². The highest BCUT2D eigenvalue weighted by molar-refractivity contribution is 5.10. The number of hydrogen-bond acceptors (Lipinski definition) is 2. The molecule has 1 heterocycles. The summed E-state index contributed by atoms with van der Waals surface area (Å²) in [6, 6.07) is 0. The summed E-state index contributed by atoms with van der Waals surface area (Å²) in [6.07, 6.45) is 7.59. The van der Waals surface area contributed by atoms with Gasteiger partial charge in [0.1, 0.15) is 5.82 Å². The van der Waals surface area contributed by atoms with Crippen LogP contribution in [0.4, 0.5) is 0 Å². The lowest BCUT2D eigenvalue weighted by Gasteiger charge is -2.23. The van der Waals surface area contributed by atoms with Crippen LogP contribution in [0.25, 0.3) is 0 Å². The van der Waals surface area contributed by atoms with Gasteiger partial charge in [-0.15, -0.1) is 0 Å². The molecule has 1 aliphatic carbocycles. The molecule has 2 rings (SSSR count). The van der Waals surface area contributed by atoms with Gasteiger partial charge in [0.25, 0.3) is 0 Å². The standard InChI is InChI=1S/C10H16N2O/c13-6-2-5-10-11-7-9(12-10)8-3-1-4-8/h7-8,13H,1-6H2,(H,11,12). The largest absolute Gasteiger partial charge is 0.396 e. The number of aryl methyl sites for hydroxylation is 1. The molecule has 0 unspecified atom stereocenters. The molecular weight excluding hydrogens is 164 g/mol. The van der Waals surface area contributed by atoms with Gasteiger partial charge in [-0.1, -0.05) is 6.42 Å². The number of nitrogens with zero attached hydrogens (tertiary/aromatic N) is 1. The number of nitrogens with one attached hydrogen (secondary N) is 1. The summed E-state index contributed by atoms with van der Waals surface area (Å²) in [5.41, 5.74) is 1.29. The maximum atomic E-state index is 8.66. The first kappa shape index (κ1) is 8.75. The maximum Gasteiger partial charge on any atom is 0.106 e. The highest BCUT2D eigenvalue weighted by Gasteiger charge is 2.20. The lowest BCUT2D eigenvalue weighted by Crippen LogP contribution is -2.08. The number of H-pyrrole nitrogens is 1. The van der Waals surface area contributed by atoms with E-state index in [4.69, 9.17) is 5.11 Å². The van der Waals surface area contributed by atoms with Crippen molar-refractivity contribution in [3.8, 4) is 0 Å². The summed E-state index contributed by atoms with van der Waals surface area (Å²) < 4.78 is 0. The van der Waals surface area contributed by atoms with Gasteiger partial charge in [-0.05, 0) is 19.3 Å². The van der Waals surface area contributed by atoms with E-state index in [0.29, 0.717) is 0 Å². The van der Waals surface area contributed by atoms with Crippen molar-refractivity contribution in [1.82, 2.24) is 9.97 Å². The SMILES string of the molecule is OCCCc1ncc(C2CCC2)[nH]1. The second kappa shape index (κ2) is 3.92. The second-order valence-electron chi connectivity index (χ2n) is 3.74. The number of aliphatic hydroxyl groups is 1. The molecule has 2 N–H and O–H groups in total. The van der Waals surface area contributed by atoms with Crippen LogP contribution in [0.3, 0.4) is 0 Å². The van der Waals surface area contributed by atoms with E-state index in [1.807, 2.05) is 6.20 Å². The van der Waals surface area contributed by atoms with Crippen LogP contribution in [0.1, 0.15) is 43.1 Å². The van der Waals surface area contributed by atoms with Gasteiger partial charge in [-0.25, -0.2) is 4.98 Å². The van der Waals surface area contributed by atoms with Crippen molar-refractivity contribution in [2.24, 2.45) is 0 Å². The molecule has 0 spiro atoms. The molecule has 0 saturated heterocycles. The summed E-state index contributed by atoms with van der Waals surface area (Å²) >= 11 is 0. The van der Waals surface area contributed by atoms with Crippen LogP contribution >= 0.6 is 0 Å². The fraction of sp³-hybridized carbons (Fsp3) is 0.700. The van der Waals surface area contributed by atoms with Crippen molar-refractivity contribution < 1.29 is 5.11 Å². The van der Waals surface area contributed by atoms with E-state index in [1.54, 1.807) is 0 Å². The summed E-state index contributed by atoms with van der Waals surface area (Å²) in [7, 11) is 0. The van der Waals surface area contributed by atoms with E-state index in [9.17, 15) is 0 Å². The summed E-state index contributed by atoms with van der Waals surface area (Å²) in [5.74, 6) is 1.76. The van der Waals surface area contributed by atoms with Crippen molar-refractivity contribution in [2.45, 2.75) is 38.0 Å². The Morgan fingerprint density at radius 2 is 2.38 bits per heavy atom. The Balaban J connectivity index is 1.92. The third kappa shape index (κ3) is 1.91. The number of aromatic amines is 1. The Morgan fingerprint density at radius 1 is 1.54 bits per heavy atom. The Morgan fingerprint density at radius 3 is 3.00 bits per heavy atom. The van der Waals surface area contributed by atoms with E-state index in [2.05, 4.69) is 9.97 Å². The van der Waals surface area contributed by atoms with E-state index in [1.165, 1.54) is 25.0 Å². The minimum Gasteiger partial charge on any atom is -0.396 e. The zero-order valence-corrected chi connectivity index (χ0v) is 7.79. The first-order valence-corrected chi connectivity index (χ1v) is 5.05.